The molecule has 0 spiro atoms. The summed E-state index contributed by atoms with van der Waals surface area (Å²) in [5, 5.41) is 8.74. The van der Waals surface area contributed by atoms with Gasteiger partial charge in [-0.3, -0.25) is 0 Å². The first kappa shape index (κ1) is 17.5. The Morgan fingerprint density at radius 1 is 1.57 bits per heavy atom. The predicted molar refractivity (Wildman–Crippen MR) is 64.8 cm³/mol. The summed E-state index contributed by atoms with van der Waals surface area (Å²) in [4.78, 5) is 10.7. The van der Waals surface area contributed by atoms with Gasteiger partial charge in [0.05, 0.1) is 0 Å². The molecule has 86 valence electrons. The summed E-state index contributed by atoms with van der Waals surface area (Å²) in [5.41, 5.74) is 5.49. The van der Waals surface area contributed by atoms with Gasteiger partial charge in [-0.15, -0.1) is 12.4 Å². The summed E-state index contributed by atoms with van der Waals surface area (Å²) in [6.45, 7) is 3.40. The predicted octanol–water partition coefficient (Wildman–Crippen LogP) is 2.65. The normalized spacial score (nSPS) is 17.9. The molecule has 3 nitrogen and oxygen atoms in total. The van der Waals surface area contributed by atoms with Crippen LogP contribution in [0.1, 0.15) is 20.3 Å². The van der Waals surface area contributed by atoms with E-state index in [2.05, 4.69) is 0 Å². The van der Waals surface area contributed by atoms with Crippen LogP contribution in [0.3, 0.4) is 0 Å². The van der Waals surface area contributed by atoms with Crippen molar-refractivity contribution in [3.8, 4) is 0 Å². The van der Waals surface area contributed by atoms with Gasteiger partial charge >= 0.3 is 92.7 Å². The van der Waals surface area contributed by atoms with Crippen molar-refractivity contribution in [3.05, 3.63) is 0 Å². The SMILES string of the molecule is CC[C](C)(C(N)C(=O)O)[Ge]([Cl])([Cl])[Cl].Cl. The molecule has 0 heterocycles. The number of nitrogens with two attached hydrogens (primary N) is 1. The molecule has 0 aliphatic carbocycles. The first-order valence-corrected chi connectivity index (χ1v) is 13.0. The molecular weight excluding hydrogens is 332 g/mol. The van der Waals surface area contributed by atoms with E-state index >= 15 is 0 Å². The molecule has 0 radical (unpaired) electrons. The van der Waals surface area contributed by atoms with Gasteiger partial charge in [0.2, 0.25) is 0 Å². The third kappa shape index (κ3) is 3.61. The Morgan fingerprint density at radius 3 is 2.00 bits per heavy atom. The van der Waals surface area contributed by atoms with Crippen molar-refractivity contribution in [2.24, 2.45) is 5.73 Å². The Labute approximate surface area is 105 Å². The molecule has 2 unspecified atom stereocenters. The van der Waals surface area contributed by atoms with Crippen LogP contribution < -0.4 is 5.73 Å². The molecule has 0 amide bonds. The minimum absolute atomic E-state index is 0. The molecular formula is C6H13Cl4GeNO2. The van der Waals surface area contributed by atoms with Crippen molar-refractivity contribution in [3.63, 3.8) is 0 Å². The summed E-state index contributed by atoms with van der Waals surface area (Å²) in [5.74, 6) is -1.12. The molecule has 0 aliphatic heterocycles. The summed E-state index contributed by atoms with van der Waals surface area (Å²) in [6, 6.07) is -1.11. The molecule has 14 heavy (non-hydrogen) atoms. The molecule has 0 aromatic rings. The fraction of sp³-hybridized carbons (Fsp3) is 0.833. The molecule has 0 aromatic carbocycles. The van der Waals surface area contributed by atoms with Crippen molar-refractivity contribution < 1.29 is 9.90 Å². The first-order chi connectivity index (χ1) is 5.66. The standard InChI is InChI=1S/C6H12Cl3GeNO2.ClH/c1-3-6(2,10(7,8)9)4(11)5(12)13;/h4H,3,11H2,1-2H3,(H,12,13);1H. The van der Waals surface area contributed by atoms with Crippen molar-refractivity contribution in [2.75, 3.05) is 0 Å². The molecule has 3 N–H and O–H groups in total. The third-order valence-electron chi connectivity index (χ3n) is 2.33. The largest absolute Gasteiger partial charge is 0.147 e. The second-order valence-electron chi connectivity index (χ2n) is 3.08. The quantitative estimate of drug-likeness (QED) is 0.770. The molecule has 2 atom stereocenters. The van der Waals surface area contributed by atoms with Crippen LogP contribution in [0.25, 0.3) is 0 Å². The van der Waals surface area contributed by atoms with Crippen LogP contribution in [0.15, 0.2) is 0 Å². The molecule has 0 fully saturated rings. The van der Waals surface area contributed by atoms with E-state index in [0.29, 0.717) is 6.42 Å². The second-order valence-corrected chi connectivity index (χ2v) is 19.4. The van der Waals surface area contributed by atoms with E-state index < -0.39 is 26.7 Å². The van der Waals surface area contributed by atoms with E-state index in [-0.39, 0.29) is 12.4 Å². The summed E-state index contributed by atoms with van der Waals surface area (Å²) in [6.07, 6.45) is 0.455. The van der Waals surface area contributed by atoms with Crippen molar-refractivity contribution in [1.82, 2.24) is 0 Å². The van der Waals surface area contributed by atoms with E-state index in [9.17, 15) is 4.79 Å². The van der Waals surface area contributed by atoms with E-state index in [1.54, 1.807) is 13.8 Å². The maximum atomic E-state index is 10.7. The molecule has 0 aromatic heterocycles. The number of carboxylic acids is 1. The minimum Gasteiger partial charge on any atom is -0.147 e. The number of halogens is 4. The van der Waals surface area contributed by atoms with Crippen LogP contribution >= 0.6 is 42.4 Å². The fourth-order valence-electron chi connectivity index (χ4n) is 0.869. The van der Waals surface area contributed by atoms with Crippen LogP contribution in [0.5, 0.6) is 0 Å². The van der Waals surface area contributed by atoms with Gasteiger partial charge in [0.25, 0.3) is 0 Å². The van der Waals surface area contributed by atoms with Crippen molar-refractivity contribution >= 4 is 58.9 Å². The van der Waals surface area contributed by atoms with Gasteiger partial charge in [0.15, 0.2) is 0 Å². The van der Waals surface area contributed by atoms with E-state index in [1.807, 2.05) is 0 Å². The van der Waals surface area contributed by atoms with Crippen LogP contribution in [0, 0.1) is 0 Å². The van der Waals surface area contributed by atoms with Gasteiger partial charge in [-0.2, -0.15) is 0 Å². The number of aliphatic carboxylic acids is 1. The van der Waals surface area contributed by atoms with Crippen LogP contribution in [-0.2, 0) is 4.79 Å². The number of carboxylic acid groups (broad SMARTS) is 1. The Kier molecular flexibility index (Phi) is 7.53. The summed E-state index contributed by atoms with van der Waals surface area (Å²) in [7, 11) is 13.9. The molecule has 0 rings (SSSR count). The zero-order valence-electron chi connectivity index (χ0n) is 7.76. The van der Waals surface area contributed by atoms with Crippen LogP contribution in [0.4, 0.5) is 0 Å². The average Bonchev–Trinajstić information content (AvgIpc) is 1.99. The second kappa shape index (κ2) is 6.01. The number of hydrogen-bond donors (Lipinski definition) is 2. The molecule has 0 saturated carbocycles. The zero-order valence-corrected chi connectivity index (χ0v) is 12.9. The van der Waals surface area contributed by atoms with Crippen LogP contribution in [-0.4, -0.2) is 27.6 Å². The maximum Gasteiger partial charge on any atom is -0.147 e. The Morgan fingerprint density at radius 2 is 1.93 bits per heavy atom. The minimum atomic E-state index is -3.63. The first-order valence-electron chi connectivity index (χ1n) is 3.72. The monoisotopic (exact) mass is 345 g/mol. The van der Waals surface area contributed by atoms with Gasteiger partial charge < -0.3 is 0 Å². The number of carbonyl (C=O) groups is 1. The van der Waals surface area contributed by atoms with Gasteiger partial charge in [0.1, 0.15) is 0 Å². The van der Waals surface area contributed by atoms with Gasteiger partial charge in [-0.1, -0.05) is 0 Å². The van der Waals surface area contributed by atoms with E-state index in [4.69, 9.17) is 40.9 Å². The number of rotatable bonds is 4. The van der Waals surface area contributed by atoms with E-state index in [1.165, 1.54) is 0 Å². The molecule has 8 heteroatoms. The van der Waals surface area contributed by atoms with Gasteiger partial charge in [-0.05, 0) is 0 Å². The van der Waals surface area contributed by atoms with E-state index in [0.717, 1.165) is 0 Å². The van der Waals surface area contributed by atoms with Crippen molar-refractivity contribution in [1.29, 1.82) is 0 Å². The molecule has 0 saturated heterocycles. The van der Waals surface area contributed by atoms with Crippen molar-refractivity contribution in [2.45, 2.75) is 30.6 Å². The zero-order chi connectivity index (χ0) is 10.9. The average molecular weight is 346 g/mol. The third-order valence-corrected chi connectivity index (χ3v) is 13.2. The van der Waals surface area contributed by atoms with Gasteiger partial charge in [-0.25, -0.2) is 0 Å². The Balaban J connectivity index is 0. The summed E-state index contributed by atoms with van der Waals surface area (Å²) < 4.78 is -0.878. The Hall–Kier alpha value is 1.13. The smallest absolute Gasteiger partial charge is 0.147 e. The maximum absolute atomic E-state index is 10.7. The van der Waals surface area contributed by atoms with Crippen LogP contribution in [0.2, 0.25) is 4.25 Å². The van der Waals surface area contributed by atoms with Gasteiger partial charge in [0, 0.05) is 0 Å². The fourth-order valence-corrected chi connectivity index (χ4v) is 6.62. The Bertz CT molecular complexity index is 210. The number of hydrogen-bond acceptors (Lipinski definition) is 2. The topological polar surface area (TPSA) is 63.3 Å². The molecule has 0 aliphatic rings. The molecule has 0 bridgehead atoms. The summed E-state index contributed by atoms with van der Waals surface area (Å²) >= 11 is 0.